The first kappa shape index (κ1) is 13.1. The third kappa shape index (κ3) is 12.7. The predicted octanol–water partition coefficient (Wildman–Crippen LogP) is -3.04. The number of halogens is 1. The van der Waals surface area contributed by atoms with Gasteiger partial charge in [0, 0.05) is 0 Å². The van der Waals surface area contributed by atoms with Crippen molar-refractivity contribution in [1.82, 2.24) is 5.32 Å². The molecule has 0 aliphatic rings. The van der Waals surface area contributed by atoms with Gasteiger partial charge in [0.25, 0.3) is 0 Å². The first-order chi connectivity index (χ1) is 4.42. The molecule has 0 aromatic rings. The fourth-order valence-corrected chi connectivity index (χ4v) is 0.498. The highest BCUT2D eigenvalue weighted by Gasteiger charge is 2.05. The van der Waals surface area contributed by atoms with E-state index in [0.717, 1.165) is 11.0 Å². The third-order valence-electron chi connectivity index (χ3n) is 1.06. The summed E-state index contributed by atoms with van der Waals surface area (Å²) >= 11 is 0. The minimum atomic E-state index is -0.951. The van der Waals surface area contributed by atoms with Crippen molar-refractivity contribution in [3.8, 4) is 0 Å². The number of hydrogen-bond donors (Lipinski definition) is 2. The Morgan fingerprint density at radius 1 is 1.45 bits per heavy atom. The fraction of sp³-hybridized carbons (Fsp3) is 0.833. The summed E-state index contributed by atoms with van der Waals surface area (Å²) in [7, 11) is 6.05. The van der Waals surface area contributed by atoms with E-state index in [2.05, 4.69) is 5.32 Å². The van der Waals surface area contributed by atoms with Gasteiger partial charge in [-0.3, -0.25) is 0 Å². The zero-order valence-corrected chi connectivity index (χ0v) is 7.85. The summed E-state index contributed by atoms with van der Waals surface area (Å²) in [5, 5.41) is 10.5. The maximum Gasteiger partial charge on any atom is 0.404 e. The number of carbonyl (C=O) groups is 1. The molecule has 0 saturated heterocycles. The zero-order chi connectivity index (χ0) is 8.20. The Morgan fingerprint density at radius 2 is 1.91 bits per heavy atom. The summed E-state index contributed by atoms with van der Waals surface area (Å²) < 4.78 is 0.778. The number of quaternary nitrogens is 1. The molecule has 4 nitrogen and oxygen atoms in total. The third-order valence-corrected chi connectivity index (χ3v) is 1.06. The van der Waals surface area contributed by atoms with Crippen LogP contribution in [0.1, 0.15) is 0 Å². The maximum atomic E-state index is 9.97. The highest BCUT2D eigenvalue weighted by Crippen LogP contribution is 1.85. The van der Waals surface area contributed by atoms with Crippen LogP contribution in [0.4, 0.5) is 4.79 Å². The van der Waals surface area contributed by atoms with Gasteiger partial charge in [0.2, 0.25) is 0 Å². The Labute approximate surface area is 73.2 Å². The molecule has 0 fully saturated rings. The molecule has 0 unspecified atom stereocenters. The van der Waals surface area contributed by atoms with Crippen LogP contribution >= 0.6 is 0 Å². The molecule has 0 bridgehead atoms. The number of hydrogen-bond acceptors (Lipinski definition) is 1. The Kier molecular flexibility index (Phi) is 6.22. The lowest BCUT2D eigenvalue weighted by Gasteiger charge is -2.23. The van der Waals surface area contributed by atoms with E-state index in [9.17, 15) is 4.79 Å². The van der Waals surface area contributed by atoms with Crippen molar-refractivity contribution in [2.75, 3.05) is 34.2 Å². The highest BCUT2D eigenvalue weighted by atomic mass is 35.5. The molecule has 0 heterocycles. The van der Waals surface area contributed by atoms with Crippen molar-refractivity contribution in [2.45, 2.75) is 0 Å². The monoisotopic (exact) mass is 182 g/mol. The molecule has 5 heteroatoms. The van der Waals surface area contributed by atoms with Crippen LogP contribution in [0.5, 0.6) is 0 Å². The molecule has 68 valence electrons. The second-order valence-corrected chi connectivity index (χ2v) is 3.25. The molecule has 0 aliphatic heterocycles. The summed E-state index contributed by atoms with van der Waals surface area (Å²) in [4.78, 5) is 9.97. The molecular formula is C6H15ClN2O2. The first-order valence-corrected chi connectivity index (χ1v) is 3.19. The van der Waals surface area contributed by atoms with Crippen molar-refractivity contribution >= 4 is 6.09 Å². The van der Waals surface area contributed by atoms with E-state index in [4.69, 9.17) is 5.11 Å². The van der Waals surface area contributed by atoms with Gasteiger partial charge in [-0.25, -0.2) is 4.79 Å². The van der Waals surface area contributed by atoms with Crippen LogP contribution in [0, 0.1) is 0 Å². The molecular weight excluding hydrogens is 168 g/mol. The molecule has 0 aromatic carbocycles. The van der Waals surface area contributed by atoms with Crippen LogP contribution < -0.4 is 17.7 Å². The maximum absolute atomic E-state index is 9.97. The van der Waals surface area contributed by atoms with Gasteiger partial charge in [0.05, 0.1) is 34.2 Å². The topological polar surface area (TPSA) is 49.3 Å². The Hall–Kier alpha value is -0.480. The molecule has 0 radical (unpaired) electrons. The smallest absolute Gasteiger partial charge is 0.404 e. The second-order valence-electron chi connectivity index (χ2n) is 3.25. The Balaban J connectivity index is 0. The number of nitrogens with one attached hydrogen (secondary N) is 1. The lowest BCUT2D eigenvalue weighted by atomic mass is 10.5. The lowest BCUT2D eigenvalue weighted by Crippen LogP contribution is -3.00. The lowest BCUT2D eigenvalue weighted by molar-refractivity contribution is -0.869. The van der Waals surface area contributed by atoms with Gasteiger partial charge in [-0.2, -0.15) is 0 Å². The summed E-state index contributed by atoms with van der Waals surface area (Å²) in [5.74, 6) is 0. The van der Waals surface area contributed by atoms with Crippen LogP contribution in [-0.2, 0) is 0 Å². The number of carboxylic acid groups (broad SMARTS) is 1. The molecule has 0 rings (SSSR count). The van der Waals surface area contributed by atoms with Crippen LogP contribution in [0.25, 0.3) is 0 Å². The van der Waals surface area contributed by atoms with Gasteiger partial charge < -0.3 is 27.3 Å². The highest BCUT2D eigenvalue weighted by molar-refractivity contribution is 5.64. The van der Waals surface area contributed by atoms with E-state index >= 15 is 0 Å². The number of nitrogens with zero attached hydrogens (tertiary/aromatic N) is 1. The standard InChI is InChI=1S/C6H14N2O2.ClH/c1-8(2,3)5-4-7-6(9)10;/h7H,4-5H2,1-3H3;1H. The molecule has 2 N–H and O–H groups in total. The zero-order valence-electron chi connectivity index (χ0n) is 7.09. The van der Waals surface area contributed by atoms with Gasteiger partial charge in [0.15, 0.2) is 0 Å². The Morgan fingerprint density at radius 3 is 2.18 bits per heavy atom. The minimum absolute atomic E-state index is 0. The van der Waals surface area contributed by atoms with Crippen molar-refractivity contribution in [3.05, 3.63) is 0 Å². The Bertz CT molecular complexity index is 122. The summed E-state index contributed by atoms with van der Waals surface area (Å²) in [6, 6.07) is 0. The van der Waals surface area contributed by atoms with Crippen LogP contribution in [-0.4, -0.2) is 49.9 Å². The van der Waals surface area contributed by atoms with Crippen LogP contribution in [0.2, 0.25) is 0 Å². The van der Waals surface area contributed by atoms with Crippen molar-refractivity contribution in [3.63, 3.8) is 0 Å². The first-order valence-electron chi connectivity index (χ1n) is 3.19. The average Bonchev–Trinajstić information content (AvgIpc) is 1.59. The van der Waals surface area contributed by atoms with E-state index in [0.29, 0.717) is 6.54 Å². The van der Waals surface area contributed by atoms with E-state index in [1.165, 1.54) is 0 Å². The van der Waals surface area contributed by atoms with Gasteiger partial charge in [-0.15, -0.1) is 0 Å². The quantitative estimate of drug-likeness (QED) is 0.456. The second kappa shape index (κ2) is 5.21. The van der Waals surface area contributed by atoms with E-state index < -0.39 is 6.09 Å². The molecule has 0 aromatic heterocycles. The predicted molar refractivity (Wildman–Crippen MR) is 38.9 cm³/mol. The fourth-order valence-electron chi connectivity index (χ4n) is 0.498. The van der Waals surface area contributed by atoms with Gasteiger partial charge in [-0.1, -0.05) is 0 Å². The minimum Gasteiger partial charge on any atom is -1.00 e. The summed E-state index contributed by atoms with van der Waals surface area (Å²) in [6.07, 6.45) is -0.951. The number of likely N-dealkylation sites (N-methyl/N-ethyl adjacent to an activating group) is 1. The molecule has 0 aliphatic carbocycles. The largest absolute Gasteiger partial charge is 1.00 e. The molecule has 0 saturated carbocycles. The number of amides is 1. The van der Waals surface area contributed by atoms with E-state index in [-0.39, 0.29) is 12.4 Å². The normalized spacial score (nSPS) is 10.1. The van der Waals surface area contributed by atoms with E-state index in [1.807, 2.05) is 21.1 Å². The molecule has 0 spiro atoms. The van der Waals surface area contributed by atoms with E-state index in [1.54, 1.807) is 0 Å². The van der Waals surface area contributed by atoms with Crippen LogP contribution in [0.3, 0.4) is 0 Å². The number of rotatable bonds is 3. The SMILES string of the molecule is C[N+](C)(C)CCNC(=O)O.[Cl-]. The summed E-state index contributed by atoms with van der Waals surface area (Å²) in [6.45, 7) is 1.32. The van der Waals surface area contributed by atoms with Crippen molar-refractivity contribution in [1.29, 1.82) is 0 Å². The van der Waals surface area contributed by atoms with Gasteiger partial charge >= 0.3 is 6.09 Å². The van der Waals surface area contributed by atoms with Gasteiger partial charge in [0.1, 0.15) is 0 Å². The molecule has 0 atom stereocenters. The molecule has 1 amide bonds. The average molecular weight is 183 g/mol. The van der Waals surface area contributed by atoms with Crippen molar-refractivity contribution in [2.24, 2.45) is 0 Å². The van der Waals surface area contributed by atoms with Crippen molar-refractivity contribution < 1.29 is 26.8 Å². The van der Waals surface area contributed by atoms with Gasteiger partial charge in [-0.05, 0) is 0 Å². The van der Waals surface area contributed by atoms with Crippen LogP contribution in [0.15, 0.2) is 0 Å². The summed E-state index contributed by atoms with van der Waals surface area (Å²) in [5.41, 5.74) is 0. The molecule has 11 heavy (non-hydrogen) atoms.